The Morgan fingerprint density at radius 1 is 0.960 bits per heavy atom. The summed E-state index contributed by atoms with van der Waals surface area (Å²) >= 11 is 0. The minimum absolute atomic E-state index is 0.000684. The van der Waals surface area contributed by atoms with Crippen molar-refractivity contribution in [3.8, 4) is 0 Å². The molecule has 6 heteroatoms. The van der Waals surface area contributed by atoms with E-state index in [9.17, 15) is 9.36 Å². The molecule has 132 valence electrons. The average Bonchev–Trinajstić information content (AvgIpc) is 2.66. The normalized spacial score (nSPS) is 10.4. The van der Waals surface area contributed by atoms with Gasteiger partial charge in [0.05, 0.1) is 26.1 Å². The van der Waals surface area contributed by atoms with Crippen LogP contribution < -0.4 is 0 Å². The summed E-state index contributed by atoms with van der Waals surface area (Å²) in [7, 11) is 0.817. The highest BCUT2D eigenvalue weighted by atomic mass is 31.1. The molecule has 0 amide bonds. The van der Waals surface area contributed by atoms with Gasteiger partial charge in [-0.3, -0.25) is 4.79 Å². The maximum absolute atomic E-state index is 11.6. The third-order valence-corrected chi connectivity index (χ3v) is 3.65. The van der Waals surface area contributed by atoms with Crippen molar-refractivity contribution in [2.75, 3.05) is 14.2 Å². The molecule has 2 aromatic rings. The largest absolute Gasteiger partial charge is 0.696 e. The fourth-order valence-electron chi connectivity index (χ4n) is 1.84. The van der Waals surface area contributed by atoms with Crippen molar-refractivity contribution in [2.45, 2.75) is 13.5 Å². The van der Waals surface area contributed by atoms with Gasteiger partial charge in [0.15, 0.2) is 5.78 Å². The van der Waals surface area contributed by atoms with Crippen LogP contribution in [0.25, 0.3) is 5.57 Å². The van der Waals surface area contributed by atoms with E-state index in [2.05, 4.69) is 9.05 Å². The summed E-state index contributed by atoms with van der Waals surface area (Å²) in [6, 6.07) is 19.4. The van der Waals surface area contributed by atoms with Gasteiger partial charge < -0.3 is 4.74 Å². The molecule has 0 aliphatic carbocycles. The number of hydrogen-bond acceptors (Lipinski definition) is 5. The first-order chi connectivity index (χ1) is 12.1. The highest BCUT2D eigenvalue weighted by Crippen LogP contribution is 2.18. The first-order valence-electron chi connectivity index (χ1n) is 7.56. The number of ketones is 1. The lowest BCUT2D eigenvalue weighted by Gasteiger charge is -2.06. The Balaban J connectivity index is 0.000000450. The molecule has 2 aromatic carbocycles. The fourth-order valence-corrected chi connectivity index (χ4v) is 1.99. The number of ether oxygens (including phenoxy) is 1. The van der Waals surface area contributed by atoms with Crippen LogP contribution in [-0.4, -0.2) is 20.0 Å². The fraction of sp³-hybridized carbons (Fsp3) is 0.211. The van der Waals surface area contributed by atoms with Crippen molar-refractivity contribution in [1.29, 1.82) is 0 Å². The van der Waals surface area contributed by atoms with E-state index in [1.165, 1.54) is 14.2 Å². The minimum Gasteiger partial charge on any atom is -0.496 e. The summed E-state index contributed by atoms with van der Waals surface area (Å²) in [4.78, 5) is 11.6. The van der Waals surface area contributed by atoms with E-state index in [4.69, 9.17) is 4.74 Å². The van der Waals surface area contributed by atoms with Crippen LogP contribution in [0, 0.1) is 0 Å². The summed E-state index contributed by atoms with van der Waals surface area (Å²) in [5.74, 6) is -0.000684. The zero-order chi connectivity index (χ0) is 18.5. The van der Waals surface area contributed by atoms with E-state index in [0.29, 0.717) is 12.2 Å². The van der Waals surface area contributed by atoms with Gasteiger partial charge in [0.2, 0.25) is 0 Å². The molecule has 0 unspecified atom stereocenters. The smallest absolute Gasteiger partial charge is 0.496 e. The van der Waals surface area contributed by atoms with Gasteiger partial charge in [-0.2, -0.15) is 0 Å². The molecule has 0 spiro atoms. The molecule has 0 saturated heterocycles. The number of carbonyl (C=O) groups excluding carboxylic acids is 1. The molecular formula is C19H22O5P+. The highest BCUT2D eigenvalue weighted by molar-refractivity contribution is 7.33. The van der Waals surface area contributed by atoms with Crippen molar-refractivity contribution in [3.05, 3.63) is 78.1 Å². The topological polar surface area (TPSA) is 61.8 Å². The van der Waals surface area contributed by atoms with Crippen molar-refractivity contribution in [1.82, 2.24) is 0 Å². The van der Waals surface area contributed by atoms with E-state index in [1.807, 2.05) is 60.7 Å². The van der Waals surface area contributed by atoms with Gasteiger partial charge in [-0.1, -0.05) is 60.7 Å². The van der Waals surface area contributed by atoms with Gasteiger partial charge in [0, 0.05) is 4.57 Å². The summed E-state index contributed by atoms with van der Waals surface area (Å²) < 4.78 is 23.8. The molecule has 5 nitrogen and oxygen atoms in total. The minimum atomic E-state index is -1.83. The van der Waals surface area contributed by atoms with Crippen LogP contribution in [0.3, 0.4) is 0 Å². The quantitative estimate of drug-likeness (QED) is 0.404. The number of Topliss-reactive ketones (excluding diaryl/α,β-unsaturated/α-hetero) is 1. The van der Waals surface area contributed by atoms with Gasteiger partial charge in [0.25, 0.3) is 0 Å². The standard InChI is InChI=1S/C17H16O2.C2H6O3P/c1-14(18)17(16-10-6-3-7-11-16)13-19-12-15-8-4-2-5-9-15;1-4-6(3)5-2/h2-11,13H,12H2,1H3;1-2H3/q;+1/b17-13-;. The van der Waals surface area contributed by atoms with E-state index < -0.39 is 8.25 Å². The molecule has 0 heterocycles. The van der Waals surface area contributed by atoms with Crippen molar-refractivity contribution < 1.29 is 23.1 Å². The molecule has 25 heavy (non-hydrogen) atoms. The van der Waals surface area contributed by atoms with E-state index in [0.717, 1.165) is 11.1 Å². The first-order valence-corrected chi connectivity index (χ1v) is 8.65. The zero-order valence-electron chi connectivity index (χ0n) is 14.5. The van der Waals surface area contributed by atoms with Crippen LogP contribution in [0.1, 0.15) is 18.1 Å². The number of rotatable bonds is 7. The molecule has 0 radical (unpaired) electrons. The lowest BCUT2D eigenvalue weighted by molar-refractivity contribution is -0.111. The third-order valence-electron chi connectivity index (χ3n) is 3.06. The number of allylic oxidation sites excluding steroid dienone is 1. The van der Waals surface area contributed by atoms with Crippen molar-refractivity contribution in [3.63, 3.8) is 0 Å². The zero-order valence-corrected chi connectivity index (χ0v) is 15.4. The second-order valence-corrected chi connectivity index (χ2v) is 6.02. The molecule has 0 aliphatic rings. The Morgan fingerprint density at radius 2 is 1.48 bits per heavy atom. The Kier molecular flexibility index (Phi) is 10.0. The van der Waals surface area contributed by atoms with E-state index in [-0.39, 0.29) is 5.78 Å². The molecule has 0 atom stereocenters. The van der Waals surface area contributed by atoms with Crippen LogP contribution in [0.4, 0.5) is 0 Å². The average molecular weight is 361 g/mol. The Hall–Kier alpha value is -2.33. The second-order valence-electron chi connectivity index (χ2n) is 4.84. The first kappa shape index (κ1) is 20.7. The maximum atomic E-state index is 11.6. The third kappa shape index (κ3) is 8.36. The van der Waals surface area contributed by atoms with Gasteiger partial charge in [-0.15, -0.1) is 9.05 Å². The summed E-state index contributed by atoms with van der Waals surface area (Å²) in [5.41, 5.74) is 2.55. The number of hydrogen-bond donors (Lipinski definition) is 0. The molecule has 0 aliphatic heterocycles. The predicted molar refractivity (Wildman–Crippen MR) is 98.0 cm³/mol. The van der Waals surface area contributed by atoms with Crippen LogP contribution in [0.15, 0.2) is 66.9 Å². The Morgan fingerprint density at radius 3 is 1.92 bits per heavy atom. The highest BCUT2D eigenvalue weighted by Gasteiger charge is 2.10. The molecule has 0 saturated carbocycles. The van der Waals surface area contributed by atoms with Crippen molar-refractivity contribution in [2.24, 2.45) is 0 Å². The predicted octanol–water partition coefficient (Wildman–Crippen LogP) is 4.77. The number of carbonyl (C=O) groups is 1. The van der Waals surface area contributed by atoms with Crippen molar-refractivity contribution >= 4 is 19.6 Å². The van der Waals surface area contributed by atoms with E-state index >= 15 is 0 Å². The van der Waals surface area contributed by atoms with Gasteiger partial charge in [-0.05, 0) is 18.1 Å². The Bertz CT molecular complexity index is 677. The Labute approximate surface area is 149 Å². The van der Waals surface area contributed by atoms with Gasteiger partial charge >= 0.3 is 8.25 Å². The monoisotopic (exact) mass is 361 g/mol. The lowest BCUT2D eigenvalue weighted by Crippen LogP contribution is -1.97. The maximum Gasteiger partial charge on any atom is 0.696 e. The van der Waals surface area contributed by atoms with E-state index in [1.54, 1.807) is 13.2 Å². The SMILES string of the molecule is CC(=O)/C(=C/OCc1ccccc1)c1ccccc1.CO[P+](=O)OC. The lowest BCUT2D eigenvalue weighted by atomic mass is 10.0. The van der Waals surface area contributed by atoms with Crippen LogP contribution in [0.5, 0.6) is 0 Å². The molecular weight excluding hydrogens is 339 g/mol. The van der Waals surface area contributed by atoms with Crippen LogP contribution in [-0.2, 0) is 29.8 Å². The molecule has 0 aromatic heterocycles. The van der Waals surface area contributed by atoms with Crippen LogP contribution in [0.2, 0.25) is 0 Å². The molecule has 0 fully saturated rings. The number of benzene rings is 2. The van der Waals surface area contributed by atoms with Crippen LogP contribution >= 0.6 is 8.25 Å². The molecule has 2 rings (SSSR count). The summed E-state index contributed by atoms with van der Waals surface area (Å²) in [6.07, 6.45) is 1.55. The summed E-state index contributed by atoms with van der Waals surface area (Å²) in [5, 5.41) is 0. The van der Waals surface area contributed by atoms with Gasteiger partial charge in [0.1, 0.15) is 6.61 Å². The second kappa shape index (κ2) is 12.1. The molecule has 0 bridgehead atoms. The van der Waals surface area contributed by atoms with Gasteiger partial charge in [-0.25, -0.2) is 0 Å². The molecule has 0 N–H and O–H groups in total. The summed E-state index contributed by atoms with van der Waals surface area (Å²) in [6.45, 7) is 2.01.